The van der Waals surface area contributed by atoms with E-state index < -0.39 is 12.4 Å². The molecule has 0 aromatic heterocycles. The molecule has 0 radical (unpaired) electrons. The second-order valence-corrected chi connectivity index (χ2v) is 6.36. The van der Waals surface area contributed by atoms with E-state index in [0.29, 0.717) is 30.5 Å². The lowest BCUT2D eigenvalue weighted by atomic mass is 9.89. The van der Waals surface area contributed by atoms with Crippen LogP contribution in [-0.4, -0.2) is 36.3 Å². The van der Waals surface area contributed by atoms with E-state index in [1.165, 1.54) is 48.5 Å². The molecule has 1 unspecified atom stereocenters. The lowest BCUT2D eigenvalue weighted by Gasteiger charge is -2.32. The quantitative estimate of drug-likeness (QED) is 0.735. The number of ether oxygens (including phenoxy) is 1. The Morgan fingerprint density at radius 3 is 2.26 bits per heavy atom. The Balaban J connectivity index is 1.67. The first-order valence-corrected chi connectivity index (χ1v) is 8.58. The highest BCUT2D eigenvalue weighted by Crippen LogP contribution is 2.24. The third kappa shape index (κ3) is 4.67. The molecule has 1 fully saturated rings. The van der Waals surface area contributed by atoms with E-state index in [1.54, 1.807) is 4.90 Å². The maximum absolute atomic E-state index is 13.0. The Hall–Kier alpha value is -2.83. The van der Waals surface area contributed by atoms with Crippen molar-refractivity contribution in [1.82, 2.24) is 4.90 Å². The molecule has 1 aliphatic heterocycles. The van der Waals surface area contributed by atoms with E-state index in [4.69, 9.17) is 0 Å². The fourth-order valence-corrected chi connectivity index (χ4v) is 3.19. The number of carbonyl (C=O) groups is 2. The Bertz CT molecular complexity index is 806. The summed E-state index contributed by atoms with van der Waals surface area (Å²) >= 11 is 0. The van der Waals surface area contributed by atoms with Gasteiger partial charge in [0.25, 0.3) is 5.91 Å². The molecular formula is C20H18F3NO3. The Kier molecular flexibility index (Phi) is 5.78. The molecule has 1 heterocycles. The van der Waals surface area contributed by atoms with Gasteiger partial charge in [-0.3, -0.25) is 9.59 Å². The third-order valence-electron chi connectivity index (χ3n) is 4.53. The Labute approximate surface area is 154 Å². The zero-order chi connectivity index (χ0) is 19.4. The van der Waals surface area contributed by atoms with Crippen LogP contribution in [0.2, 0.25) is 0 Å². The van der Waals surface area contributed by atoms with Crippen LogP contribution >= 0.6 is 0 Å². The van der Waals surface area contributed by atoms with Crippen LogP contribution in [0.5, 0.6) is 5.75 Å². The normalized spacial score (nSPS) is 17.0. The van der Waals surface area contributed by atoms with Gasteiger partial charge in [-0.1, -0.05) is 0 Å². The number of Topliss-reactive ketones (excluding diaryl/α,β-unsaturated/α-hetero) is 1. The highest BCUT2D eigenvalue weighted by Gasteiger charge is 2.29. The molecule has 0 N–H and O–H groups in total. The average Bonchev–Trinajstić information content (AvgIpc) is 2.68. The number of hydrogen-bond acceptors (Lipinski definition) is 3. The van der Waals surface area contributed by atoms with Crippen LogP contribution in [0.15, 0.2) is 48.5 Å². The molecule has 27 heavy (non-hydrogen) atoms. The molecule has 0 bridgehead atoms. The van der Waals surface area contributed by atoms with Gasteiger partial charge in [0.15, 0.2) is 5.78 Å². The number of rotatable bonds is 5. The molecule has 142 valence electrons. The van der Waals surface area contributed by atoms with Crippen LogP contribution in [0.25, 0.3) is 0 Å². The minimum absolute atomic E-state index is 0.0155. The van der Waals surface area contributed by atoms with E-state index in [-0.39, 0.29) is 29.9 Å². The summed E-state index contributed by atoms with van der Waals surface area (Å²) in [4.78, 5) is 26.9. The number of amides is 1. The first-order chi connectivity index (χ1) is 12.9. The summed E-state index contributed by atoms with van der Waals surface area (Å²) in [6, 6.07) is 10.8. The van der Waals surface area contributed by atoms with E-state index in [0.717, 1.165) is 0 Å². The number of benzene rings is 2. The van der Waals surface area contributed by atoms with Crippen molar-refractivity contribution in [2.75, 3.05) is 13.1 Å². The molecule has 1 atom stereocenters. The van der Waals surface area contributed by atoms with Gasteiger partial charge < -0.3 is 9.64 Å². The molecule has 4 nitrogen and oxygen atoms in total. The molecule has 7 heteroatoms. The zero-order valence-electron chi connectivity index (χ0n) is 14.4. The molecule has 0 aliphatic carbocycles. The van der Waals surface area contributed by atoms with Gasteiger partial charge in [-0.15, -0.1) is 0 Å². The van der Waals surface area contributed by atoms with Crippen molar-refractivity contribution in [2.24, 2.45) is 5.92 Å². The van der Waals surface area contributed by atoms with Crippen molar-refractivity contribution in [3.8, 4) is 5.75 Å². The van der Waals surface area contributed by atoms with Gasteiger partial charge >= 0.3 is 6.61 Å². The van der Waals surface area contributed by atoms with E-state index in [9.17, 15) is 22.8 Å². The van der Waals surface area contributed by atoms with E-state index in [1.807, 2.05) is 0 Å². The van der Waals surface area contributed by atoms with Crippen LogP contribution in [0.4, 0.5) is 13.2 Å². The summed E-state index contributed by atoms with van der Waals surface area (Å²) in [7, 11) is 0. The summed E-state index contributed by atoms with van der Waals surface area (Å²) < 4.78 is 41.7. The van der Waals surface area contributed by atoms with Gasteiger partial charge in [0.2, 0.25) is 0 Å². The monoisotopic (exact) mass is 377 g/mol. The van der Waals surface area contributed by atoms with Crippen molar-refractivity contribution < 1.29 is 27.5 Å². The summed E-state index contributed by atoms with van der Waals surface area (Å²) in [6.45, 7) is -2.12. The Morgan fingerprint density at radius 2 is 1.63 bits per heavy atom. The molecule has 0 saturated carbocycles. The topological polar surface area (TPSA) is 46.6 Å². The summed E-state index contributed by atoms with van der Waals surface area (Å²) in [5.74, 6) is -1.19. The molecule has 0 spiro atoms. The van der Waals surface area contributed by atoms with Gasteiger partial charge in [-0.2, -0.15) is 8.78 Å². The van der Waals surface area contributed by atoms with Crippen LogP contribution in [0.3, 0.4) is 0 Å². The highest BCUT2D eigenvalue weighted by molar-refractivity contribution is 5.99. The number of hydrogen-bond donors (Lipinski definition) is 0. The number of piperidine rings is 1. The van der Waals surface area contributed by atoms with Crippen molar-refractivity contribution in [2.45, 2.75) is 19.5 Å². The van der Waals surface area contributed by atoms with Crippen LogP contribution in [0.1, 0.15) is 33.6 Å². The van der Waals surface area contributed by atoms with Gasteiger partial charge in [0, 0.05) is 30.1 Å². The van der Waals surface area contributed by atoms with Gasteiger partial charge in [-0.05, 0) is 61.4 Å². The second kappa shape index (κ2) is 8.24. The van der Waals surface area contributed by atoms with E-state index in [2.05, 4.69) is 4.74 Å². The molecule has 1 aliphatic rings. The fourth-order valence-electron chi connectivity index (χ4n) is 3.19. The average molecular weight is 377 g/mol. The summed E-state index contributed by atoms with van der Waals surface area (Å²) in [6.07, 6.45) is 1.32. The summed E-state index contributed by atoms with van der Waals surface area (Å²) in [5, 5.41) is 0. The number of nitrogens with zero attached hydrogens (tertiary/aromatic N) is 1. The maximum atomic E-state index is 13.0. The van der Waals surface area contributed by atoms with Gasteiger partial charge in [0.05, 0.1) is 0 Å². The molecule has 2 aromatic carbocycles. The van der Waals surface area contributed by atoms with Gasteiger partial charge in [0.1, 0.15) is 11.6 Å². The second-order valence-electron chi connectivity index (χ2n) is 6.36. The summed E-state index contributed by atoms with van der Waals surface area (Å²) in [5.41, 5.74) is 0.760. The minimum Gasteiger partial charge on any atom is -0.435 e. The molecule has 2 aromatic rings. The minimum atomic E-state index is -2.92. The van der Waals surface area contributed by atoms with Crippen LogP contribution in [-0.2, 0) is 0 Å². The third-order valence-corrected chi connectivity index (χ3v) is 4.53. The number of halogens is 3. The first-order valence-electron chi connectivity index (χ1n) is 8.58. The fraction of sp³-hybridized carbons (Fsp3) is 0.300. The van der Waals surface area contributed by atoms with Crippen LogP contribution < -0.4 is 4.74 Å². The van der Waals surface area contributed by atoms with E-state index >= 15 is 0 Å². The van der Waals surface area contributed by atoms with Gasteiger partial charge in [-0.25, -0.2) is 4.39 Å². The Morgan fingerprint density at radius 1 is 1.00 bits per heavy atom. The highest BCUT2D eigenvalue weighted by atomic mass is 19.3. The smallest absolute Gasteiger partial charge is 0.387 e. The molecule has 1 amide bonds. The largest absolute Gasteiger partial charge is 0.435 e. The van der Waals surface area contributed by atoms with Crippen molar-refractivity contribution >= 4 is 11.7 Å². The number of ketones is 1. The lowest BCUT2D eigenvalue weighted by molar-refractivity contribution is -0.0498. The van der Waals surface area contributed by atoms with Crippen molar-refractivity contribution in [3.63, 3.8) is 0 Å². The molecule has 3 rings (SSSR count). The molecule has 1 saturated heterocycles. The first kappa shape index (κ1) is 18.9. The maximum Gasteiger partial charge on any atom is 0.387 e. The predicted molar refractivity (Wildman–Crippen MR) is 92.4 cm³/mol. The molecular weight excluding hydrogens is 359 g/mol. The van der Waals surface area contributed by atoms with Crippen molar-refractivity contribution in [3.05, 3.63) is 65.5 Å². The lowest BCUT2D eigenvalue weighted by Crippen LogP contribution is -2.42. The zero-order valence-corrected chi connectivity index (χ0v) is 14.4. The SMILES string of the molecule is O=C(c1ccc(OC(F)F)cc1)C1CCCN(C(=O)c2ccc(F)cc2)C1. The number of likely N-dealkylation sites (tertiary alicyclic amines) is 1. The predicted octanol–water partition coefficient (Wildman–Crippen LogP) is 4.16. The number of carbonyl (C=O) groups excluding carboxylic acids is 2. The van der Waals surface area contributed by atoms with Crippen LogP contribution in [0, 0.1) is 11.7 Å². The standard InChI is InChI=1S/C20H18F3NO3/c21-16-7-3-14(4-8-16)19(26)24-11-1-2-15(12-24)18(25)13-5-9-17(10-6-13)27-20(22)23/h3-10,15,20H,1-2,11-12H2. The number of alkyl halides is 2. The van der Waals surface area contributed by atoms with Crippen molar-refractivity contribution in [1.29, 1.82) is 0 Å².